The minimum Gasteiger partial charge on any atom is -0.465 e. The molecule has 1 unspecified atom stereocenters. The van der Waals surface area contributed by atoms with Gasteiger partial charge in [-0.05, 0) is 19.4 Å². The van der Waals surface area contributed by atoms with Crippen LogP contribution in [0.2, 0.25) is 0 Å². The van der Waals surface area contributed by atoms with Crippen molar-refractivity contribution in [3.63, 3.8) is 0 Å². The molecule has 18 heavy (non-hydrogen) atoms. The van der Waals surface area contributed by atoms with Crippen molar-refractivity contribution in [3.05, 3.63) is 11.6 Å². The van der Waals surface area contributed by atoms with Gasteiger partial charge in [-0.1, -0.05) is 6.08 Å². The third-order valence-electron chi connectivity index (χ3n) is 1.87. The van der Waals surface area contributed by atoms with Gasteiger partial charge in [0.1, 0.15) is 6.04 Å². The maximum atomic E-state index is 11.3. The van der Waals surface area contributed by atoms with Crippen LogP contribution in [0.5, 0.6) is 0 Å². The predicted octanol–water partition coefficient (Wildman–Crippen LogP) is 0.0174. The molecule has 0 aromatic heterocycles. The summed E-state index contributed by atoms with van der Waals surface area (Å²) in [5.41, 5.74) is 5.82. The Morgan fingerprint density at radius 3 is 2.44 bits per heavy atom. The largest absolute Gasteiger partial charge is 0.465 e. The molecule has 1 atom stereocenters. The summed E-state index contributed by atoms with van der Waals surface area (Å²) in [5.74, 6) is -0.641. The molecule has 0 saturated heterocycles. The summed E-state index contributed by atoms with van der Waals surface area (Å²) in [6.45, 7) is 4.01. The summed E-state index contributed by atoms with van der Waals surface area (Å²) < 4.78 is 20.7. The fourth-order valence-corrected chi connectivity index (χ4v) is 1.93. The Labute approximate surface area is 106 Å². The highest BCUT2D eigenvalue weighted by Gasteiger charge is 2.19. The molecule has 0 saturated carbocycles. The predicted molar refractivity (Wildman–Crippen MR) is 66.1 cm³/mol. The van der Waals surface area contributed by atoms with E-state index < -0.39 is 25.8 Å². The van der Waals surface area contributed by atoms with E-state index in [-0.39, 0.29) is 18.8 Å². The fraction of sp³-hybridized carbons (Fsp3) is 0.700. The van der Waals surface area contributed by atoms with Crippen LogP contribution in [0.1, 0.15) is 13.8 Å². The molecule has 106 valence electrons. The Morgan fingerprint density at radius 2 is 2.00 bits per heavy atom. The number of esters is 1. The smallest absolute Gasteiger partial charge is 0.329 e. The van der Waals surface area contributed by atoms with Crippen molar-refractivity contribution >= 4 is 13.6 Å². The minimum absolute atomic E-state index is 0.0225. The Morgan fingerprint density at radius 1 is 1.39 bits per heavy atom. The zero-order chi connectivity index (χ0) is 14.2. The van der Waals surface area contributed by atoms with E-state index in [9.17, 15) is 9.36 Å². The maximum Gasteiger partial charge on any atom is 0.329 e. The fourth-order valence-electron chi connectivity index (χ4n) is 1.20. The number of hydrogen-bond donors (Lipinski definition) is 3. The Hall–Kier alpha value is -0.720. The van der Waals surface area contributed by atoms with Crippen molar-refractivity contribution in [2.45, 2.75) is 19.9 Å². The molecule has 7 nitrogen and oxygen atoms in total. The summed E-state index contributed by atoms with van der Waals surface area (Å²) in [5, 5.41) is 0. The molecule has 0 fully saturated rings. The van der Waals surface area contributed by atoms with Crippen LogP contribution in [0.15, 0.2) is 11.6 Å². The van der Waals surface area contributed by atoms with Crippen LogP contribution in [-0.2, 0) is 18.8 Å². The lowest BCUT2D eigenvalue weighted by molar-refractivity contribution is -0.143. The monoisotopic (exact) mass is 281 g/mol. The molecule has 0 radical (unpaired) electrons. The van der Waals surface area contributed by atoms with Gasteiger partial charge in [0.25, 0.3) is 0 Å². The van der Waals surface area contributed by atoms with Crippen molar-refractivity contribution < 1.29 is 28.6 Å². The molecule has 0 aromatic carbocycles. The summed E-state index contributed by atoms with van der Waals surface area (Å²) in [6.07, 6.45) is 0.785. The first-order valence-electron chi connectivity index (χ1n) is 5.54. The second-order valence-electron chi connectivity index (χ2n) is 3.56. The van der Waals surface area contributed by atoms with E-state index in [1.807, 2.05) is 0 Å². The molecular weight excluding hydrogens is 261 g/mol. The molecule has 0 aliphatic heterocycles. The molecule has 4 N–H and O–H groups in total. The highest BCUT2D eigenvalue weighted by molar-refractivity contribution is 7.52. The minimum atomic E-state index is -4.22. The zero-order valence-electron chi connectivity index (χ0n) is 10.5. The van der Waals surface area contributed by atoms with Gasteiger partial charge < -0.3 is 25.0 Å². The van der Waals surface area contributed by atoms with Crippen LogP contribution >= 0.6 is 7.60 Å². The third-order valence-corrected chi connectivity index (χ3v) is 2.69. The normalized spacial score (nSPS) is 14.4. The van der Waals surface area contributed by atoms with E-state index in [0.717, 1.165) is 0 Å². The molecule has 0 aliphatic rings. The van der Waals surface area contributed by atoms with Crippen LogP contribution in [0, 0.1) is 0 Å². The van der Waals surface area contributed by atoms with Gasteiger partial charge in [-0.2, -0.15) is 0 Å². The SMILES string of the molecule is CCOCC(=CC(N)C(=O)OCC)CP(=O)(O)O. The first-order chi connectivity index (χ1) is 8.30. The quantitative estimate of drug-likeness (QED) is 0.326. The first-order valence-corrected chi connectivity index (χ1v) is 7.34. The summed E-state index contributed by atoms with van der Waals surface area (Å²) >= 11 is 0. The van der Waals surface area contributed by atoms with Gasteiger partial charge in [-0.3, -0.25) is 9.36 Å². The van der Waals surface area contributed by atoms with E-state index in [0.29, 0.717) is 6.61 Å². The maximum absolute atomic E-state index is 11.3. The van der Waals surface area contributed by atoms with Crippen molar-refractivity contribution in [1.29, 1.82) is 0 Å². The van der Waals surface area contributed by atoms with Crippen LogP contribution in [0.25, 0.3) is 0 Å². The molecule has 0 aliphatic carbocycles. The van der Waals surface area contributed by atoms with Gasteiger partial charge in [0.2, 0.25) is 0 Å². The zero-order valence-corrected chi connectivity index (χ0v) is 11.4. The number of ether oxygens (including phenoxy) is 2. The van der Waals surface area contributed by atoms with Crippen LogP contribution in [0.3, 0.4) is 0 Å². The van der Waals surface area contributed by atoms with Crippen molar-refractivity contribution in [2.75, 3.05) is 26.0 Å². The van der Waals surface area contributed by atoms with Gasteiger partial charge in [0.05, 0.1) is 19.4 Å². The first kappa shape index (κ1) is 17.3. The van der Waals surface area contributed by atoms with E-state index in [1.165, 1.54) is 6.08 Å². The molecular formula is C10H20NO6P. The van der Waals surface area contributed by atoms with Crippen LogP contribution in [0.4, 0.5) is 0 Å². The second kappa shape index (κ2) is 8.39. The van der Waals surface area contributed by atoms with Gasteiger partial charge in [-0.25, -0.2) is 0 Å². The Balaban J connectivity index is 4.71. The number of rotatable bonds is 8. The van der Waals surface area contributed by atoms with E-state index in [1.54, 1.807) is 13.8 Å². The number of carbonyl (C=O) groups is 1. The Bertz CT molecular complexity index is 337. The average Bonchev–Trinajstić information content (AvgIpc) is 2.24. The topological polar surface area (TPSA) is 119 Å². The number of hydrogen-bond acceptors (Lipinski definition) is 5. The lowest BCUT2D eigenvalue weighted by Gasteiger charge is -2.12. The molecule has 0 spiro atoms. The van der Waals surface area contributed by atoms with Gasteiger partial charge in [-0.15, -0.1) is 0 Å². The van der Waals surface area contributed by atoms with Gasteiger partial charge in [0.15, 0.2) is 0 Å². The standard InChI is InChI=1S/C10H20NO6P/c1-3-16-6-8(7-18(13,14)15)5-9(11)10(12)17-4-2/h5,9H,3-4,6-7,11H2,1-2H3,(H2,13,14,15). The van der Waals surface area contributed by atoms with E-state index >= 15 is 0 Å². The van der Waals surface area contributed by atoms with Crippen molar-refractivity contribution in [2.24, 2.45) is 5.73 Å². The molecule has 0 bridgehead atoms. The van der Waals surface area contributed by atoms with E-state index in [2.05, 4.69) is 0 Å². The summed E-state index contributed by atoms with van der Waals surface area (Å²) in [7, 11) is -4.22. The van der Waals surface area contributed by atoms with Gasteiger partial charge in [0, 0.05) is 6.61 Å². The van der Waals surface area contributed by atoms with Crippen LogP contribution < -0.4 is 5.73 Å². The van der Waals surface area contributed by atoms with E-state index in [4.69, 9.17) is 25.0 Å². The summed E-state index contributed by atoms with van der Waals surface area (Å²) in [6, 6.07) is -1.05. The number of carbonyl (C=O) groups excluding carboxylic acids is 1. The molecule has 0 amide bonds. The third kappa shape index (κ3) is 8.38. The molecule has 0 rings (SSSR count). The van der Waals surface area contributed by atoms with Crippen molar-refractivity contribution in [3.8, 4) is 0 Å². The highest BCUT2D eigenvalue weighted by Crippen LogP contribution is 2.36. The average molecular weight is 281 g/mol. The summed E-state index contributed by atoms with van der Waals surface area (Å²) in [4.78, 5) is 29.1. The lowest BCUT2D eigenvalue weighted by Crippen LogP contribution is -2.31. The number of nitrogens with two attached hydrogens (primary N) is 1. The lowest BCUT2D eigenvalue weighted by atomic mass is 10.2. The molecule has 0 aromatic rings. The highest BCUT2D eigenvalue weighted by atomic mass is 31.2. The molecule has 0 heterocycles. The van der Waals surface area contributed by atoms with Crippen molar-refractivity contribution in [1.82, 2.24) is 0 Å². The Kier molecular flexibility index (Phi) is 8.06. The molecule has 8 heteroatoms. The van der Waals surface area contributed by atoms with Crippen LogP contribution in [-0.4, -0.2) is 47.8 Å². The van der Waals surface area contributed by atoms with Gasteiger partial charge >= 0.3 is 13.6 Å². The second-order valence-corrected chi connectivity index (χ2v) is 5.21.